The molecule has 0 aromatic heterocycles. The Morgan fingerprint density at radius 1 is 1.09 bits per heavy atom. The highest BCUT2D eigenvalue weighted by Crippen LogP contribution is 2.44. The third-order valence-electron chi connectivity index (χ3n) is 5.49. The van der Waals surface area contributed by atoms with Crippen molar-refractivity contribution >= 4 is 21.7 Å². The van der Waals surface area contributed by atoms with E-state index in [9.17, 15) is 26.4 Å². The fourth-order valence-electron chi connectivity index (χ4n) is 3.85. The summed E-state index contributed by atoms with van der Waals surface area (Å²) in [5, 5.41) is 2.51. The Hall–Kier alpha value is -3.03. The van der Waals surface area contributed by atoms with Crippen molar-refractivity contribution in [3.63, 3.8) is 0 Å². The van der Waals surface area contributed by atoms with Crippen molar-refractivity contribution in [2.24, 2.45) is 0 Å². The molecule has 3 aliphatic rings. The molecule has 0 radical (unpaired) electrons. The van der Waals surface area contributed by atoms with Crippen LogP contribution in [0.5, 0.6) is 11.5 Å². The number of hydrogen-bond donors (Lipinski definition) is 4. The number of hydrogen-bond acceptors (Lipinski definition) is 7. The van der Waals surface area contributed by atoms with Gasteiger partial charge in [0, 0.05) is 24.0 Å². The molecule has 1 fully saturated rings. The van der Waals surface area contributed by atoms with Crippen LogP contribution in [0.4, 0.5) is 23.7 Å². The molecule has 32 heavy (non-hydrogen) atoms. The van der Waals surface area contributed by atoms with Crippen LogP contribution in [0.15, 0.2) is 35.2 Å². The smallest absolute Gasteiger partial charge is 0.426 e. The third-order valence-corrected chi connectivity index (χ3v) is 6.82. The van der Waals surface area contributed by atoms with Crippen molar-refractivity contribution in [3.05, 3.63) is 47.0 Å². The highest BCUT2D eigenvalue weighted by atomic mass is 32.2. The Balaban J connectivity index is 1.39. The minimum atomic E-state index is -4.70. The number of ether oxygens (including phenoxy) is 2. The van der Waals surface area contributed by atoms with E-state index in [0.717, 1.165) is 23.8 Å². The zero-order chi connectivity index (χ0) is 22.7. The van der Waals surface area contributed by atoms with E-state index in [4.69, 9.17) is 9.47 Å². The van der Waals surface area contributed by atoms with E-state index in [1.807, 2.05) is 21.6 Å². The molecule has 13 heteroatoms. The molecule has 0 aliphatic carbocycles. The first-order valence-corrected chi connectivity index (χ1v) is 11.1. The number of halogens is 3. The van der Waals surface area contributed by atoms with Crippen LogP contribution in [0, 0.1) is 0 Å². The normalized spacial score (nSPS) is 18.2. The first-order chi connectivity index (χ1) is 15.1. The number of urea groups is 1. The van der Waals surface area contributed by atoms with Crippen LogP contribution in [0.2, 0.25) is 0 Å². The van der Waals surface area contributed by atoms with E-state index in [0.29, 0.717) is 48.8 Å². The van der Waals surface area contributed by atoms with Gasteiger partial charge in [0.1, 0.15) is 11.5 Å². The van der Waals surface area contributed by atoms with E-state index in [-0.39, 0.29) is 5.56 Å². The van der Waals surface area contributed by atoms with Crippen LogP contribution >= 0.6 is 0 Å². The van der Waals surface area contributed by atoms with Gasteiger partial charge in [-0.2, -0.15) is 13.2 Å². The molecule has 4 N–H and O–H groups in total. The number of sulfonamides is 1. The SMILES string of the molecule is O=C(Nc1c2c(cc3c1OCC3)OCC2)NS(=O)(=O)c1cccc(C2(C(F)(F)F)NN2)c1. The van der Waals surface area contributed by atoms with Crippen LogP contribution in [0.1, 0.15) is 16.7 Å². The molecule has 3 aliphatic heterocycles. The summed E-state index contributed by atoms with van der Waals surface area (Å²) in [6, 6.07) is 5.02. The number of rotatable bonds is 4. The summed E-state index contributed by atoms with van der Waals surface area (Å²) in [6.45, 7) is 0.839. The van der Waals surface area contributed by atoms with Crippen LogP contribution in [0.3, 0.4) is 0 Å². The van der Waals surface area contributed by atoms with Crippen molar-refractivity contribution in [1.82, 2.24) is 15.6 Å². The fraction of sp³-hybridized carbons (Fsp3) is 0.316. The van der Waals surface area contributed by atoms with Gasteiger partial charge >= 0.3 is 12.2 Å². The molecule has 2 amide bonds. The van der Waals surface area contributed by atoms with Gasteiger partial charge in [-0.05, 0) is 23.8 Å². The lowest BCUT2D eigenvalue weighted by atomic mass is 10.0. The van der Waals surface area contributed by atoms with E-state index in [1.54, 1.807) is 0 Å². The average molecular weight is 470 g/mol. The van der Waals surface area contributed by atoms with E-state index < -0.39 is 32.8 Å². The van der Waals surface area contributed by atoms with Crippen molar-refractivity contribution in [2.75, 3.05) is 18.5 Å². The molecule has 170 valence electrons. The monoisotopic (exact) mass is 470 g/mol. The Morgan fingerprint density at radius 2 is 1.84 bits per heavy atom. The Labute approximate surface area is 180 Å². The van der Waals surface area contributed by atoms with E-state index in [1.165, 1.54) is 6.07 Å². The lowest BCUT2D eigenvalue weighted by Crippen LogP contribution is -2.36. The first kappa shape index (κ1) is 20.8. The second-order valence-corrected chi connectivity index (χ2v) is 9.18. The zero-order valence-corrected chi connectivity index (χ0v) is 17.1. The molecule has 2 aromatic carbocycles. The number of alkyl halides is 3. The number of hydrazine groups is 1. The molecular weight excluding hydrogens is 453 g/mol. The summed E-state index contributed by atoms with van der Waals surface area (Å²) < 4.78 is 78.3. The van der Waals surface area contributed by atoms with Crippen molar-refractivity contribution in [2.45, 2.75) is 29.6 Å². The maximum absolute atomic E-state index is 13.3. The number of benzene rings is 2. The summed E-state index contributed by atoms with van der Waals surface area (Å²) in [5.74, 6) is 1.06. The number of carbonyl (C=O) groups excluding carboxylic acids is 1. The van der Waals surface area contributed by atoms with E-state index >= 15 is 0 Å². The molecule has 3 heterocycles. The number of anilines is 1. The molecule has 2 aromatic rings. The summed E-state index contributed by atoms with van der Waals surface area (Å²) >= 11 is 0. The Morgan fingerprint density at radius 3 is 2.56 bits per heavy atom. The number of carbonyl (C=O) groups is 1. The van der Waals surface area contributed by atoms with Crippen molar-refractivity contribution in [3.8, 4) is 11.5 Å². The molecule has 0 saturated carbocycles. The Kier molecular flexibility index (Phi) is 4.55. The summed E-state index contributed by atoms with van der Waals surface area (Å²) in [5.41, 5.74) is 3.00. The van der Waals surface area contributed by atoms with Gasteiger partial charge < -0.3 is 14.8 Å². The predicted molar refractivity (Wildman–Crippen MR) is 105 cm³/mol. The summed E-state index contributed by atoms with van der Waals surface area (Å²) in [7, 11) is -4.47. The summed E-state index contributed by atoms with van der Waals surface area (Å²) in [4.78, 5) is 12.1. The van der Waals surface area contributed by atoms with E-state index in [2.05, 4.69) is 5.32 Å². The highest BCUT2D eigenvalue weighted by Gasteiger charge is 2.65. The molecule has 0 atom stereocenters. The predicted octanol–water partition coefficient (Wildman–Crippen LogP) is 1.89. The average Bonchev–Trinajstić information content (AvgIpc) is 3.20. The third kappa shape index (κ3) is 3.32. The minimum Gasteiger partial charge on any atom is -0.493 e. The number of fused-ring (bicyclic) bond motifs is 2. The Bertz CT molecular complexity index is 1200. The molecule has 0 unspecified atom stereocenters. The maximum atomic E-state index is 13.3. The molecular formula is C19H17F3N4O5S. The zero-order valence-electron chi connectivity index (χ0n) is 16.3. The second kappa shape index (κ2) is 6.98. The minimum absolute atomic E-state index is 0.330. The van der Waals surface area contributed by atoms with Gasteiger partial charge in [0.2, 0.25) is 5.66 Å². The van der Waals surface area contributed by atoms with Gasteiger partial charge in [-0.25, -0.2) is 28.8 Å². The first-order valence-electron chi connectivity index (χ1n) is 9.60. The van der Waals surface area contributed by atoms with Gasteiger partial charge in [-0.3, -0.25) is 0 Å². The highest BCUT2D eigenvalue weighted by molar-refractivity contribution is 7.90. The van der Waals surface area contributed by atoms with Crippen LogP contribution in [-0.4, -0.2) is 33.8 Å². The lowest BCUT2D eigenvalue weighted by molar-refractivity contribution is -0.165. The lowest BCUT2D eigenvalue weighted by Gasteiger charge is -2.17. The molecule has 5 rings (SSSR count). The van der Waals surface area contributed by atoms with Gasteiger partial charge in [0.25, 0.3) is 10.0 Å². The topological polar surface area (TPSA) is 138 Å². The van der Waals surface area contributed by atoms with Crippen LogP contribution in [-0.2, 0) is 28.5 Å². The van der Waals surface area contributed by atoms with Gasteiger partial charge in [-0.15, -0.1) is 0 Å². The van der Waals surface area contributed by atoms with Crippen molar-refractivity contribution < 1.29 is 35.9 Å². The van der Waals surface area contributed by atoms with Crippen LogP contribution in [0.25, 0.3) is 0 Å². The largest absolute Gasteiger partial charge is 0.493 e. The van der Waals surface area contributed by atoms with Crippen LogP contribution < -0.4 is 30.4 Å². The fourth-order valence-corrected chi connectivity index (χ4v) is 4.80. The summed E-state index contributed by atoms with van der Waals surface area (Å²) in [6.07, 6.45) is -3.57. The quantitative estimate of drug-likeness (QED) is 0.501. The number of amides is 2. The second-order valence-electron chi connectivity index (χ2n) is 7.50. The molecule has 1 saturated heterocycles. The molecule has 0 spiro atoms. The van der Waals surface area contributed by atoms with Crippen molar-refractivity contribution in [1.29, 1.82) is 0 Å². The molecule has 9 nitrogen and oxygen atoms in total. The standard InChI is InChI=1S/C19H17F3N4O5S/c20-19(21,22)18(25-26-18)11-2-1-3-12(9-11)32(28,29)24-17(27)23-15-13-5-7-30-14(13)8-10-4-6-31-16(10)15/h1-3,8-9,25-26H,4-7H2,(H2,23,24,27). The number of nitrogens with one attached hydrogen (secondary N) is 4. The van der Waals surface area contributed by atoms with Gasteiger partial charge in [-0.1, -0.05) is 12.1 Å². The van der Waals surface area contributed by atoms with Gasteiger partial charge in [0.05, 0.1) is 23.8 Å². The maximum Gasteiger partial charge on any atom is 0.426 e. The van der Waals surface area contributed by atoms with Gasteiger partial charge in [0.15, 0.2) is 0 Å². The molecule has 0 bridgehead atoms.